The summed E-state index contributed by atoms with van der Waals surface area (Å²) in [4.78, 5) is 27.4. The lowest BCUT2D eigenvalue weighted by Crippen LogP contribution is -2.46. The Balaban J connectivity index is 1.31. The highest BCUT2D eigenvalue weighted by molar-refractivity contribution is 6.08. The average Bonchev–Trinajstić information content (AvgIpc) is 2.89. The first-order valence-corrected chi connectivity index (χ1v) is 13.4. The van der Waals surface area contributed by atoms with E-state index in [2.05, 4.69) is 61.9 Å². The molecule has 1 saturated heterocycles. The van der Waals surface area contributed by atoms with E-state index in [1.54, 1.807) is 6.20 Å². The number of piperazine rings is 1. The molecule has 0 radical (unpaired) electrons. The van der Waals surface area contributed by atoms with Crippen LogP contribution in [0, 0.1) is 13.8 Å². The Morgan fingerprint density at radius 2 is 1.70 bits per heavy atom. The first-order chi connectivity index (χ1) is 18.0. The zero-order valence-corrected chi connectivity index (χ0v) is 22.1. The maximum atomic E-state index is 13.3. The third-order valence-corrected chi connectivity index (χ3v) is 7.51. The number of hydrogen-bond donors (Lipinski definition) is 3. The van der Waals surface area contributed by atoms with Gasteiger partial charge >= 0.3 is 0 Å². The smallest absolute Gasteiger partial charge is 0.261 e. The summed E-state index contributed by atoms with van der Waals surface area (Å²) in [7, 11) is 0. The highest BCUT2D eigenvalue weighted by Crippen LogP contribution is 2.27. The van der Waals surface area contributed by atoms with Crippen LogP contribution in [0.4, 0.5) is 28.8 Å². The fourth-order valence-electron chi connectivity index (χ4n) is 4.86. The van der Waals surface area contributed by atoms with Crippen molar-refractivity contribution in [3.63, 3.8) is 0 Å². The Morgan fingerprint density at radius 3 is 2.32 bits per heavy atom. The van der Waals surface area contributed by atoms with Crippen LogP contribution in [0.3, 0.4) is 0 Å². The summed E-state index contributed by atoms with van der Waals surface area (Å²) in [6.07, 6.45) is 4.97. The van der Waals surface area contributed by atoms with Gasteiger partial charge in [-0.25, -0.2) is 4.98 Å². The van der Waals surface area contributed by atoms with Crippen molar-refractivity contribution in [1.29, 1.82) is 0 Å². The number of benzene rings is 2. The normalized spacial score (nSPS) is 16.2. The molecule has 0 unspecified atom stereocenters. The minimum Gasteiger partial charge on any atom is -0.369 e. The Labute approximate surface area is 219 Å². The largest absolute Gasteiger partial charge is 0.369 e. The number of para-hydroxylation sites is 1. The molecule has 5 rings (SSSR count). The van der Waals surface area contributed by atoms with Crippen molar-refractivity contribution in [3.05, 3.63) is 65.4 Å². The molecule has 2 aromatic carbocycles. The molecule has 194 valence electrons. The zero-order chi connectivity index (χ0) is 25.8. The molecule has 2 heterocycles. The number of carbonyl (C=O) groups excluding carboxylic acids is 1. The third-order valence-electron chi connectivity index (χ3n) is 7.51. The fourth-order valence-corrected chi connectivity index (χ4v) is 4.86. The van der Waals surface area contributed by atoms with Gasteiger partial charge in [0.05, 0.1) is 0 Å². The van der Waals surface area contributed by atoms with Gasteiger partial charge in [0.1, 0.15) is 11.4 Å². The molecule has 8 nitrogen and oxygen atoms in total. The van der Waals surface area contributed by atoms with Crippen molar-refractivity contribution in [1.82, 2.24) is 14.9 Å². The van der Waals surface area contributed by atoms with E-state index in [0.717, 1.165) is 68.1 Å². The standard InChI is InChI=1S/C29H37N7O/c1-4-35-15-17-36(18-16-35)24-13-11-23(12-14-24)32-29-30-19-25(27(34-29)31-22-9-6-10-22)28(37)33-26-20(2)7-5-8-21(26)3/h5,7-8,11-14,19,22H,4,6,9-10,15-18H2,1-3H3,(H,33,37)(H2,30,31,32,34). The van der Waals surface area contributed by atoms with Crippen LogP contribution in [0.25, 0.3) is 0 Å². The van der Waals surface area contributed by atoms with Crippen molar-refractivity contribution in [2.45, 2.75) is 46.1 Å². The first-order valence-electron chi connectivity index (χ1n) is 13.4. The van der Waals surface area contributed by atoms with Gasteiger partial charge in [0, 0.05) is 55.5 Å². The van der Waals surface area contributed by atoms with Crippen LogP contribution in [0.5, 0.6) is 0 Å². The summed E-state index contributed by atoms with van der Waals surface area (Å²) in [5.74, 6) is 0.824. The number of carbonyl (C=O) groups is 1. The zero-order valence-electron chi connectivity index (χ0n) is 22.1. The number of nitrogens with zero attached hydrogens (tertiary/aromatic N) is 4. The molecule has 2 fully saturated rings. The number of hydrogen-bond acceptors (Lipinski definition) is 7. The van der Waals surface area contributed by atoms with Crippen molar-refractivity contribution in [2.75, 3.05) is 53.6 Å². The third kappa shape index (κ3) is 5.85. The SMILES string of the molecule is CCN1CCN(c2ccc(Nc3ncc(C(=O)Nc4c(C)cccc4C)c(NC4CCC4)n3)cc2)CC1. The van der Waals surface area contributed by atoms with E-state index in [1.807, 2.05) is 32.0 Å². The van der Waals surface area contributed by atoms with Gasteiger partial charge in [0.25, 0.3) is 5.91 Å². The summed E-state index contributed by atoms with van der Waals surface area (Å²) < 4.78 is 0. The van der Waals surface area contributed by atoms with Crippen LogP contribution in [0.1, 0.15) is 47.7 Å². The molecule has 0 bridgehead atoms. The van der Waals surface area contributed by atoms with Gasteiger partial charge < -0.3 is 25.8 Å². The Kier molecular flexibility index (Phi) is 7.55. The highest BCUT2D eigenvalue weighted by atomic mass is 16.1. The lowest BCUT2D eigenvalue weighted by molar-refractivity contribution is 0.102. The van der Waals surface area contributed by atoms with Crippen LogP contribution < -0.4 is 20.9 Å². The molecular weight excluding hydrogens is 462 g/mol. The van der Waals surface area contributed by atoms with Crippen molar-refractivity contribution >= 4 is 34.7 Å². The van der Waals surface area contributed by atoms with E-state index < -0.39 is 0 Å². The quantitative estimate of drug-likeness (QED) is 0.393. The van der Waals surface area contributed by atoms with Crippen LogP contribution in [-0.4, -0.2) is 59.5 Å². The summed E-state index contributed by atoms with van der Waals surface area (Å²) in [6.45, 7) is 11.6. The number of aromatic nitrogens is 2. The number of aryl methyl sites for hydroxylation is 2. The predicted molar refractivity (Wildman–Crippen MR) is 151 cm³/mol. The molecule has 3 N–H and O–H groups in total. The maximum absolute atomic E-state index is 13.3. The summed E-state index contributed by atoms with van der Waals surface area (Å²) in [5, 5.41) is 9.85. The molecule has 1 aliphatic carbocycles. The molecule has 1 aliphatic heterocycles. The molecule has 1 aromatic heterocycles. The van der Waals surface area contributed by atoms with Crippen LogP contribution in [-0.2, 0) is 0 Å². The molecule has 3 aromatic rings. The van der Waals surface area contributed by atoms with Crippen LogP contribution in [0.2, 0.25) is 0 Å². The minimum atomic E-state index is -0.210. The van der Waals surface area contributed by atoms with E-state index >= 15 is 0 Å². The van der Waals surface area contributed by atoms with E-state index in [9.17, 15) is 4.79 Å². The topological polar surface area (TPSA) is 85.4 Å². The Bertz CT molecular complexity index is 1210. The van der Waals surface area contributed by atoms with Gasteiger partial charge in [-0.1, -0.05) is 25.1 Å². The van der Waals surface area contributed by atoms with Crippen molar-refractivity contribution in [3.8, 4) is 0 Å². The molecule has 0 atom stereocenters. The molecule has 0 spiro atoms. The number of amides is 1. The molecule has 1 saturated carbocycles. The average molecular weight is 500 g/mol. The number of rotatable bonds is 8. The second-order valence-corrected chi connectivity index (χ2v) is 10.0. The molecule has 37 heavy (non-hydrogen) atoms. The fraction of sp³-hybridized carbons (Fsp3) is 0.414. The monoisotopic (exact) mass is 499 g/mol. The second-order valence-electron chi connectivity index (χ2n) is 10.0. The predicted octanol–water partition coefficient (Wildman–Crippen LogP) is 5.20. The minimum absolute atomic E-state index is 0.210. The molecule has 8 heteroatoms. The van der Waals surface area contributed by atoms with Crippen molar-refractivity contribution < 1.29 is 4.79 Å². The second kappa shape index (κ2) is 11.2. The summed E-state index contributed by atoms with van der Waals surface area (Å²) >= 11 is 0. The van der Waals surface area contributed by atoms with Gasteiger partial charge in [-0.3, -0.25) is 4.79 Å². The van der Waals surface area contributed by atoms with Gasteiger partial charge in [0.15, 0.2) is 0 Å². The Morgan fingerprint density at radius 1 is 1.00 bits per heavy atom. The summed E-state index contributed by atoms with van der Waals surface area (Å²) in [6, 6.07) is 14.7. The van der Waals surface area contributed by atoms with Gasteiger partial charge in [-0.05, 0) is 75.0 Å². The number of nitrogens with one attached hydrogen (secondary N) is 3. The first kappa shape index (κ1) is 25.0. The number of anilines is 5. The lowest BCUT2D eigenvalue weighted by atomic mass is 9.93. The molecule has 1 amide bonds. The van der Waals surface area contributed by atoms with E-state index in [-0.39, 0.29) is 5.91 Å². The van der Waals surface area contributed by atoms with Crippen LogP contribution >= 0.6 is 0 Å². The van der Waals surface area contributed by atoms with Crippen molar-refractivity contribution in [2.24, 2.45) is 0 Å². The van der Waals surface area contributed by atoms with E-state index in [1.165, 1.54) is 12.1 Å². The van der Waals surface area contributed by atoms with Gasteiger partial charge in [-0.2, -0.15) is 4.98 Å². The van der Waals surface area contributed by atoms with Gasteiger partial charge in [0.2, 0.25) is 5.95 Å². The summed E-state index contributed by atoms with van der Waals surface area (Å²) in [5.41, 5.74) is 5.47. The Hall–Kier alpha value is -3.65. The van der Waals surface area contributed by atoms with Crippen LogP contribution in [0.15, 0.2) is 48.7 Å². The molecule has 2 aliphatic rings. The number of likely N-dealkylation sites (N-methyl/N-ethyl adjacent to an activating group) is 1. The lowest BCUT2D eigenvalue weighted by Gasteiger charge is -2.35. The van der Waals surface area contributed by atoms with E-state index in [0.29, 0.717) is 23.4 Å². The molecular formula is C29H37N7O. The van der Waals surface area contributed by atoms with E-state index in [4.69, 9.17) is 4.98 Å². The van der Waals surface area contributed by atoms with Gasteiger partial charge in [-0.15, -0.1) is 0 Å². The highest BCUT2D eigenvalue weighted by Gasteiger charge is 2.23. The maximum Gasteiger partial charge on any atom is 0.261 e.